The first-order chi connectivity index (χ1) is 11.0. The van der Waals surface area contributed by atoms with Crippen LogP contribution in [0.15, 0.2) is 48.5 Å². The normalized spacial score (nSPS) is 11.5. The number of hydrogen-bond acceptors (Lipinski definition) is 3. The molecule has 124 valence electrons. The van der Waals surface area contributed by atoms with E-state index in [0.717, 1.165) is 22.4 Å². The van der Waals surface area contributed by atoms with E-state index >= 15 is 0 Å². The van der Waals surface area contributed by atoms with Gasteiger partial charge in [0.1, 0.15) is 0 Å². The number of anilines is 1. The van der Waals surface area contributed by atoms with Crippen LogP contribution in [0.2, 0.25) is 0 Å². The van der Waals surface area contributed by atoms with Gasteiger partial charge in [-0.3, -0.25) is 13.7 Å². The van der Waals surface area contributed by atoms with Crippen LogP contribution in [0.1, 0.15) is 19.4 Å². The van der Waals surface area contributed by atoms with Crippen molar-refractivity contribution in [1.29, 1.82) is 0 Å². The highest BCUT2D eigenvalue weighted by molar-refractivity contribution is 7.55. The molecule has 0 fully saturated rings. The molecule has 2 rings (SSSR count). The van der Waals surface area contributed by atoms with Crippen molar-refractivity contribution in [2.45, 2.75) is 20.8 Å². The summed E-state index contributed by atoms with van der Waals surface area (Å²) in [7, 11) is -1.61. The number of hydrogen-bond donors (Lipinski definition) is 0. The van der Waals surface area contributed by atoms with Gasteiger partial charge in [-0.1, -0.05) is 42.0 Å². The first-order valence-electron chi connectivity index (χ1n) is 7.81. The molecule has 0 aliphatic carbocycles. The van der Waals surface area contributed by atoms with Crippen molar-refractivity contribution in [3.05, 3.63) is 54.1 Å². The average molecular weight is 333 g/mol. The summed E-state index contributed by atoms with van der Waals surface area (Å²) in [5.74, 6) is 0. The molecule has 0 bridgehead atoms. The van der Waals surface area contributed by atoms with Crippen molar-refractivity contribution in [1.82, 2.24) is 0 Å². The minimum absolute atomic E-state index is 0.328. The summed E-state index contributed by atoms with van der Waals surface area (Å²) in [6, 6.07) is 16.1. The zero-order valence-electron chi connectivity index (χ0n) is 14.2. The van der Waals surface area contributed by atoms with E-state index < -0.39 is 7.75 Å². The third kappa shape index (κ3) is 4.03. The molecule has 5 heteroatoms. The van der Waals surface area contributed by atoms with Crippen LogP contribution in [0, 0.1) is 6.92 Å². The number of rotatable bonds is 7. The molecule has 0 amide bonds. The molecule has 0 N–H and O–H groups in total. The Labute approximate surface area is 138 Å². The van der Waals surface area contributed by atoms with Crippen molar-refractivity contribution < 1.29 is 13.6 Å². The van der Waals surface area contributed by atoms with Gasteiger partial charge in [0.2, 0.25) is 0 Å². The fourth-order valence-corrected chi connectivity index (χ4v) is 3.96. The quantitative estimate of drug-likeness (QED) is 0.646. The molecule has 23 heavy (non-hydrogen) atoms. The van der Waals surface area contributed by atoms with Gasteiger partial charge in [-0.2, -0.15) is 0 Å². The maximum atomic E-state index is 13.1. The molecular weight excluding hydrogens is 309 g/mol. The van der Waals surface area contributed by atoms with E-state index in [-0.39, 0.29) is 0 Å². The summed E-state index contributed by atoms with van der Waals surface area (Å²) in [6.07, 6.45) is 0. The largest absolute Gasteiger partial charge is 0.435 e. The molecule has 2 aromatic carbocycles. The van der Waals surface area contributed by atoms with Crippen molar-refractivity contribution >= 4 is 13.4 Å². The predicted octanol–water partition coefficient (Wildman–Crippen LogP) is 5.28. The monoisotopic (exact) mass is 333 g/mol. The van der Waals surface area contributed by atoms with Crippen LogP contribution in [0.3, 0.4) is 0 Å². The lowest BCUT2D eigenvalue weighted by Gasteiger charge is -2.29. The molecule has 0 aromatic heterocycles. The van der Waals surface area contributed by atoms with Gasteiger partial charge in [-0.25, -0.2) is 4.57 Å². The SMILES string of the molecule is CCOP(=O)(OCC)N(C)c1ccc(C)cc1-c1ccccc1. The minimum atomic E-state index is -3.36. The Bertz CT molecular complexity index is 678. The molecule has 0 atom stereocenters. The summed E-state index contributed by atoms with van der Waals surface area (Å²) in [6.45, 7) is 6.32. The highest BCUT2D eigenvalue weighted by atomic mass is 31.2. The highest BCUT2D eigenvalue weighted by Crippen LogP contribution is 2.54. The Balaban J connectivity index is 2.52. The molecule has 4 nitrogen and oxygen atoms in total. The van der Waals surface area contributed by atoms with E-state index in [1.165, 1.54) is 0 Å². The third-order valence-electron chi connectivity index (χ3n) is 3.54. The van der Waals surface area contributed by atoms with Gasteiger partial charge >= 0.3 is 7.75 Å². The van der Waals surface area contributed by atoms with Crippen LogP contribution in [0.5, 0.6) is 0 Å². The van der Waals surface area contributed by atoms with Crippen LogP contribution in [-0.2, 0) is 13.6 Å². The van der Waals surface area contributed by atoms with Crippen LogP contribution in [0.25, 0.3) is 11.1 Å². The molecule has 0 spiro atoms. The summed E-state index contributed by atoms with van der Waals surface area (Å²) in [5, 5.41) is 0. The maximum Gasteiger partial charge on any atom is 0.435 e. The molecule has 0 saturated carbocycles. The van der Waals surface area contributed by atoms with Gasteiger partial charge in [0.15, 0.2) is 0 Å². The second kappa shape index (κ2) is 7.78. The van der Waals surface area contributed by atoms with Gasteiger partial charge in [0.05, 0.1) is 18.9 Å². The van der Waals surface area contributed by atoms with Gasteiger partial charge in [-0.05, 0) is 38.5 Å². The zero-order chi connectivity index (χ0) is 16.9. The van der Waals surface area contributed by atoms with Gasteiger partial charge < -0.3 is 0 Å². The van der Waals surface area contributed by atoms with Gasteiger partial charge in [0, 0.05) is 12.6 Å². The van der Waals surface area contributed by atoms with Crippen molar-refractivity contribution in [2.75, 3.05) is 24.9 Å². The molecule has 0 aliphatic rings. The van der Waals surface area contributed by atoms with E-state index in [0.29, 0.717) is 13.2 Å². The average Bonchev–Trinajstić information content (AvgIpc) is 2.55. The first-order valence-corrected chi connectivity index (χ1v) is 9.30. The lowest BCUT2D eigenvalue weighted by Crippen LogP contribution is -2.18. The standard InChI is InChI=1S/C18H24NO3P/c1-5-21-23(20,22-6-2)19(4)18-13-12-15(3)14-17(18)16-10-8-7-9-11-16/h7-14H,5-6H2,1-4H3. The Morgan fingerprint density at radius 2 is 1.61 bits per heavy atom. The first kappa shape index (κ1) is 17.7. The molecular formula is C18H24NO3P. The van der Waals surface area contributed by atoms with E-state index in [9.17, 15) is 4.57 Å². The van der Waals surface area contributed by atoms with E-state index in [1.807, 2.05) is 63.2 Å². The lowest BCUT2D eigenvalue weighted by molar-refractivity contribution is 0.219. The fourth-order valence-electron chi connectivity index (χ4n) is 2.45. The maximum absolute atomic E-state index is 13.1. The molecule has 0 heterocycles. The summed E-state index contributed by atoms with van der Waals surface area (Å²) in [4.78, 5) is 0. The summed E-state index contributed by atoms with van der Waals surface area (Å²) >= 11 is 0. The van der Waals surface area contributed by atoms with Crippen molar-refractivity contribution in [3.63, 3.8) is 0 Å². The van der Waals surface area contributed by atoms with E-state index in [1.54, 1.807) is 11.7 Å². The van der Waals surface area contributed by atoms with Crippen LogP contribution in [-0.4, -0.2) is 20.3 Å². The molecule has 0 unspecified atom stereocenters. The van der Waals surface area contributed by atoms with Gasteiger partial charge in [-0.15, -0.1) is 0 Å². The van der Waals surface area contributed by atoms with Crippen molar-refractivity contribution in [2.24, 2.45) is 0 Å². The van der Waals surface area contributed by atoms with Gasteiger partial charge in [0.25, 0.3) is 0 Å². The third-order valence-corrected chi connectivity index (χ3v) is 5.66. The minimum Gasteiger partial charge on any atom is -0.292 e. The zero-order valence-corrected chi connectivity index (χ0v) is 15.0. The number of nitrogens with zero attached hydrogens (tertiary/aromatic N) is 1. The topological polar surface area (TPSA) is 38.8 Å². The Morgan fingerprint density at radius 3 is 2.17 bits per heavy atom. The molecule has 0 aliphatic heterocycles. The van der Waals surface area contributed by atoms with Crippen molar-refractivity contribution in [3.8, 4) is 11.1 Å². The Kier molecular flexibility index (Phi) is 6.00. The van der Waals surface area contributed by atoms with E-state index in [2.05, 4.69) is 6.07 Å². The number of aryl methyl sites for hydroxylation is 1. The Hall–Kier alpha value is -1.61. The highest BCUT2D eigenvalue weighted by Gasteiger charge is 2.31. The summed E-state index contributed by atoms with van der Waals surface area (Å²) < 4.78 is 25.6. The number of benzene rings is 2. The van der Waals surface area contributed by atoms with Crippen LogP contribution < -0.4 is 4.67 Å². The molecule has 0 saturated heterocycles. The second-order valence-electron chi connectivity index (χ2n) is 5.21. The molecule has 2 aromatic rings. The fraction of sp³-hybridized carbons (Fsp3) is 0.333. The smallest absolute Gasteiger partial charge is 0.292 e. The van der Waals surface area contributed by atoms with Crippen LogP contribution >= 0.6 is 7.75 Å². The van der Waals surface area contributed by atoms with Crippen LogP contribution in [0.4, 0.5) is 5.69 Å². The van der Waals surface area contributed by atoms with E-state index in [4.69, 9.17) is 9.05 Å². The molecule has 0 radical (unpaired) electrons. The predicted molar refractivity (Wildman–Crippen MR) is 95.9 cm³/mol. The lowest BCUT2D eigenvalue weighted by atomic mass is 10.0. The Morgan fingerprint density at radius 1 is 1.00 bits per heavy atom. The second-order valence-corrected chi connectivity index (χ2v) is 7.27. The summed E-state index contributed by atoms with van der Waals surface area (Å²) in [5.41, 5.74) is 4.04.